The molecule has 0 amide bonds. The van der Waals surface area contributed by atoms with Gasteiger partial charge in [0, 0.05) is 5.54 Å². The lowest BCUT2D eigenvalue weighted by atomic mass is 9.87. The highest BCUT2D eigenvalue weighted by atomic mass is 16.7. The van der Waals surface area contributed by atoms with Gasteiger partial charge in [-0.05, 0) is 30.5 Å². The predicted octanol–water partition coefficient (Wildman–Crippen LogP) is 1.72. The summed E-state index contributed by atoms with van der Waals surface area (Å²) in [5, 5.41) is 10.4. The van der Waals surface area contributed by atoms with E-state index in [1.807, 2.05) is 18.2 Å². The van der Waals surface area contributed by atoms with E-state index in [0.29, 0.717) is 5.75 Å². The van der Waals surface area contributed by atoms with Crippen LogP contribution in [0, 0.1) is 0 Å². The van der Waals surface area contributed by atoms with Crippen molar-refractivity contribution in [1.82, 2.24) is 0 Å². The third-order valence-electron chi connectivity index (χ3n) is 3.79. The fourth-order valence-corrected chi connectivity index (χ4v) is 2.72. The zero-order chi connectivity index (χ0) is 11.9. The highest BCUT2D eigenvalue weighted by molar-refractivity contribution is 5.45. The predicted molar refractivity (Wildman–Crippen MR) is 62.9 cm³/mol. The van der Waals surface area contributed by atoms with Crippen LogP contribution in [0.3, 0.4) is 0 Å². The fourth-order valence-electron chi connectivity index (χ4n) is 2.72. The molecule has 0 bridgehead atoms. The SMILES string of the molecule is NC1(C(O)c2ccc3c(c2)OCO3)CCCC1. The first-order valence-electron chi connectivity index (χ1n) is 6.05. The maximum absolute atomic E-state index is 10.4. The number of rotatable bonds is 2. The molecular weight excluding hydrogens is 218 g/mol. The van der Waals surface area contributed by atoms with Crippen molar-refractivity contribution >= 4 is 0 Å². The topological polar surface area (TPSA) is 64.7 Å². The number of hydrogen-bond acceptors (Lipinski definition) is 4. The van der Waals surface area contributed by atoms with Gasteiger partial charge in [-0.1, -0.05) is 18.9 Å². The zero-order valence-corrected chi connectivity index (χ0v) is 9.69. The van der Waals surface area contributed by atoms with Gasteiger partial charge in [0.15, 0.2) is 11.5 Å². The van der Waals surface area contributed by atoms with Crippen LogP contribution in [0.25, 0.3) is 0 Å². The Morgan fingerprint density at radius 1 is 1.18 bits per heavy atom. The molecule has 1 saturated carbocycles. The summed E-state index contributed by atoms with van der Waals surface area (Å²) in [6, 6.07) is 5.53. The lowest BCUT2D eigenvalue weighted by molar-refractivity contribution is 0.0869. The Hall–Kier alpha value is -1.26. The average Bonchev–Trinajstić information content (AvgIpc) is 2.96. The van der Waals surface area contributed by atoms with Crippen LogP contribution in [0.15, 0.2) is 18.2 Å². The van der Waals surface area contributed by atoms with E-state index in [4.69, 9.17) is 15.2 Å². The highest BCUT2D eigenvalue weighted by Gasteiger charge is 2.38. The molecule has 1 aliphatic heterocycles. The number of nitrogens with two attached hydrogens (primary N) is 1. The van der Waals surface area contributed by atoms with E-state index in [-0.39, 0.29) is 6.79 Å². The van der Waals surface area contributed by atoms with Crippen molar-refractivity contribution in [2.24, 2.45) is 5.73 Å². The van der Waals surface area contributed by atoms with Crippen molar-refractivity contribution in [2.75, 3.05) is 6.79 Å². The number of ether oxygens (including phenoxy) is 2. The first kappa shape index (κ1) is 10.9. The van der Waals surface area contributed by atoms with E-state index in [2.05, 4.69) is 0 Å². The summed E-state index contributed by atoms with van der Waals surface area (Å²) < 4.78 is 10.6. The summed E-state index contributed by atoms with van der Waals surface area (Å²) >= 11 is 0. The van der Waals surface area contributed by atoms with Gasteiger partial charge in [-0.2, -0.15) is 0 Å². The minimum Gasteiger partial charge on any atom is -0.454 e. The summed E-state index contributed by atoms with van der Waals surface area (Å²) in [7, 11) is 0. The lowest BCUT2D eigenvalue weighted by Crippen LogP contribution is -2.42. The Kier molecular flexibility index (Phi) is 2.49. The first-order valence-corrected chi connectivity index (χ1v) is 6.05. The van der Waals surface area contributed by atoms with Crippen LogP contribution in [0.5, 0.6) is 11.5 Å². The average molecular weight is 235 g/mol. The molecule has 4 heteroatoms. The molecule has 17 heavy (non-hydrogen) atoms. The smallest absolute Gasteiger partial charge is 0.231 e. The quantitative estimate of drug-likeness (QED) is 0.819. The Bertz CT molecular complexity index is 427. The largest absolute Gasteiger partial charge is 0.454 e. The number of aliphatic hydroxyl groups is 1. The van der Waals surface area contributed by atoms with Gasteiger partial charge in [0.2, 0.25) is 6.79 Å². The Morgan fingerprint density at radius 2 is 1.88 bits per heavy atom. The molecule has 92 valence electrons. The van der Waals surface area contributed by atoms with Gasteiger partial charge in [0.1, 0.15) is 0 Å². The molecule has 1 aromatic rings. The third-order valence-corrected chi connectivity index (χ3v) is 3.79. The van der Waals surface area contributed by atoms with Crippen molar-refractivity contribution < 1.29 is 14.6 Å². The summed E-state index contributed by atoms with van der Waals surface area (Å²) in [5.41, 5.74) is 6.60. The molecule has 1 aromatic carbocycles. The lowest BCUT2D eigenvalue weighted by Gasteiger charge is -2.30. The number of hydrogen-bond donors (Lipinski definition) is 2. The molecular formula is C13H17NO3. The van der Waals surface area contributed by atoms with Crippen LogP contribution in [0.2, 0.25) is 0 Å². The van der Waals surface area contributed by atoms with Gasteiger partial charge in [-0.15, -0.1) is 0 Å². The molecule has 3 N–H and O–H groups in total. The van der Waals surface area contributed by atoms with E-state index in [1.54, 1.807) is 0 Å². The van der Waals surface area contributed by atoms with E-state index < -0.39 is 11.6 Å². The van der Waals surface area contributed by atoms with Gasteiger partial charge in [0.05, 0.1) is 6.10 Å². The van der Waals surface area contributed by atoms with Crippen LogP contribution in [-0.4, -0.2) is 17.4 Å². The van der Waals surface area contributed by atoms with Crippen LogP contribution in [-0.2, 0) is 0 Å². The standard InChI is InChI=1S/C13H17NO3/c14-13(5-1-2-6-13)12(15)9-3-4-10-11(7-9)17-8-16-10/h3-4,7,12,15H,1-2,5-6,8,14H2. The summed E-state index contributed by atoms with van der Waals surface area (Å²) in [6.45, 7) is 0.253. The molecule has 0 saturated heterocycles. The molecule has 1 aliphatic carbocycles. The Labute approximate surface area is 100 Å². The number of aliphatic hydroxyl groups excluding tert-OH is 1. The first-order chi connectivity index (χ1) is 8.19. The van der Waals surface area contributed by atoms with Crippen LogP contribution < -0.4 is 15.2 Å². The summed E-state index contributed by atoms with van der Waals surface area (Å²) in [5.74, 6) is 1.43. The van der Waals surface area contributed by atoms with Gasteiger partial charge in [-0.3, -0.25) is 0 Å². The van der Waals surface area contributed by atoms with Gasteiger partial charge in [0.25, 0.3) is 0 Å². The van der Waals surface area contributed by atoms with Crippen molar-refractivity contribution in [3.05, 3.63) is 23.8 Å². The van der Waals surface area contributed by atoms with Gasteiger partial charge < -0.3 is 20.3 Å². The third kappa shape index (κ3) is 1.77. The molecule has 0 aromatic heterocycles. The minimum absolute atomic E-state index is 0.253. The second-order valence-electron chi connectivity index (χ2n) is 4.96. The molecule has 1 atom stereocenters. The molecule has 0 spiro atoms. The second kappa shape index (κ2) is 3.89. The van der Waals surface area contributed by atoms with Gasteiger partial charge in [-0.25, -0.2) is 0 Å². The minimum atomic E-state index is -0.625. The van der Waals surface area contributed by atoms with E-state index in [0.717, 1.165) is 37.0 Å². The molecule has 0 radical (unpaired) electrons. The molecule has 2 aliphatic rings. The number of benzene rings is 1. The Balaban J connectivity index is 1.88. The van der Waals surface area contributed by atoms with Crippen LogP contribution >= 0.6 is 0 Å². The molecule has 1 unspecified atom stereocenters. The van der Waals surface area contributed by atoms with Crippen molar-refractivity contribution in [3.63, 3.8) is 0 Å². The molecule has 3 rings (SSSR count). The molecule has 1 heterocycles. The Morgan fingerprint density at radius 3 is 2.65 bits per heavy atom. The molecule has 4 nitrogen and oxygen atoms in total. The van der Waals surface area contributed by atoms with Crippen LogP contribution in [0.4, 0.5) is 0 Å². The zero-order valence-electron chi connectivity index (χ0n) is 9.69. The van der Waals surface area contributed by atoms with E-state index in [9.17, 15) is 5.11 Å². The van der Waals surface area contributed by atoms with E-state index in [1.165, 1.54) is 0 Å². The van der Waals surface area contributed by atoms with Crippen molar-refractivity contribution in [1.29, 1.82) is 0 Å². The highest BCUT2D eigenvalue weighted by Crippen LogP contribution is 2.41. The maximum Gasteiger partial charge on any atom is 0.231 e. The van der Waals surface area contributed by atoms with Crippen LogP contribution in [0.1, 0.15) is 37.4 Å². The summed E-state index contributed by atoms with van der Waals surface area (Å²) in [4.78, 5) is 0. The van der Waals surface area contributed by atoms with Crippen molar-refractivity contribution in [3.8, 4) is 11.5 Å². The second-order valence-corrected chi connectivity index (χ2v) is 4.96. The number of fused-ring (bicyclic) bond motifs is 1. The van der Waals surface area contributed by atoms with Gasteiger partial charge >= 0.3 is 0 Å². The normalized spacial score (nSPS) is 22.7. The fraction of sp³-hybridized carbons (Fsp3) is 0.538. The summed E-state index contributed by atoms with van der Waals surface area (Å²) in [6.07, 6.45) is 3.32. The monoisotopic (exact) mass is 235 g/mol. The molecule has 1 fully saturated rings. The van der Waals surface area contributed by atoms with Crippen molar-refractivity contribution in [2.45, 2.75) is 37.3 Å². The maximum atomic E-state index is 10.4. The van der Waals surface area contributed by atoms with E-state index >= 15 is 0 Å².